The highest BCUT2D eigenvalue weighted by molar-refractivity contribution is 9.10. The van der Waals surface area contributed by atoms with Gasteiger partial charge in [0, 0.05) is 27.5 Å². The van der Waals surface area contributed by atoms with Crippen molar-refractivity contribution in [3.63, 3.8) is 0 Å². The number of aromatic hydroxyl groups is 1. The molecule has 0 radical (unpaired) electrons. The van der Waals surface area contributed by atoms with Crippen molar-refractivity contribution in [3.05, 3.63) is 52.0 Å². The number of amides is 1. The lowest BCUT2D eigenvalue weighted by molar-refractivity contribution is 0.0693. The van der Waals surface area contributed by atoms with Crippen LogP contribution in [-0.2, 0) is 0 Å². The maximum absolute atomic E-state index is 12.1. The molecule has 7 heteroatoms. The fourth-order valence-electron chi connectivity index (χ4n) is 1.74. The van der Waals surface area contributed by atoms with Crippen molar-refractivity contribution in [3.8, 4) is 5.75 Å². The summed E-state index contributed by atoms with van der Waals surface area (Å²) in [5.41, 5.74) is 6.46. The molecule has 0 saturated carbocycles. The Hall–Kier alpha value is -2.54. The van der Waals surface area contributed by atoms with Gasteiger partial charge in [-0.05, 0) is 30.3 Å². The predicted octanol–water partition coefficient (Wildman–Crippen LogP) is 2.69. The number of aromatic carboxylic acids is 1. The van der Waals surface area contributed by atoms with Gasteiger partial charge in [0.1, 0.15) is 11.3 Å². The molecule has 0 spiro atoms. The van der Waals surface area contributed by atoms with Gasteiger partial charge in [-0.3, -0.25) is 4.79 Å². The Balaban J connectivity index is 2.23. The Morgan fingerprint density at radius 1 is 1.14 bits per heavy atom. The van der Waals surface area contributed by atoms with Gasteiger partial charge in [-0.1, -0.05) is 15.9 Å². The molecule has 0 heterocycles. The van der Waals surface area contributed by atoms with Gasteiger partial charge in [-0.25, -0.2) is 4.79 Å². The van der Waals surface area contributed by atoms with E-state index in [9.17, 15) is 14.7 Å². The van der Waals surface area contributed by atoms with Gasteiger partial charge < -0.3 is 21.3 Å². The fourth-order valence-corrected chi connectivity index (χ4v) is 2.25. The van der Waals surface area contributed by atoms with E-state index >= 15 is 0 Å². The number of rotatable bonds is 3. The smallest absolute Gasteiger partial charge is 0.339 e. The number of hydrogen-bond acceptors (Lipinski definition) is 4. The SMILES string of the molecule is Nc1cc(Br)cc(C(=O)Nc2ccc(C(=O)O)c(O)c2)c1. The number of anilines is 2. The molecule has 6 nitrogen and oxygen atoms in total. The number of halogens is 1. The Bertz CT molecular complexity index is 711. The second kappa shape index (κ2) is 5.84. The van der Waals surface area contributed by atoms with Crippen molar-refractivity contribution in [1.29, 1.82) is 0 Å². The molecular formula is C14H11BrN2O4. The summed E-state index contributed by atoms with van der Waals surface area (Å²) in [5, 5.41) is 20.9. The van der Waals surface area contributed by atoms with Crippen LogP contribution in [0.4, 0.5) is 11.4 Å². The Morgan fingerprint density at radius 3 is 2.43 bits per heavy atom. The minimum absolute atomic E-state index is 0.236. The summed E-state index contributed by atoms with van der Waals surface area (Å²) in [6.07, 6.45) is 0. The Kier molecular flexibility index (Phi) is 4.13. The summed E-state index contributed by atoms with van der Waals surface area (Å²) in [5.74, 6) is -2.09. The molecule has 2 aromatic carbocycles. The van der Waals surface area contributed by atoms with Crippen molar-refractivity contribution in [2.24, 2.45) is 0 Å². The molecule has 0 atom stereocenters. The number of benzene rings is 2. The van der Waals surface area contributed by atoms with E-state index in [4.69, 9.17) is 10.8 Å². The van der Waals surface area contributed by atoms with Crippen LogP contribution in [0.3, 0.4) is 0 Å². The highest BCUT2D eigenvalue weighted by atomic mass is 79.9. The zero-order chi connectivity index (χ0) is 15.6. The number of hydrogen-bond donors (Lipinski definition) is 4. The lowest BCUT2D eigenvalue weighted by atomic mass is 10.1. The maximum Gasteiger partial charge on any atom is 0.339 e. The van der Waals surface area contributed by atoms with Gasteiger partial charge >= 0.3 is 5.97 Å². The van der Waals surface area contributed by atoms with E-state index in [1.54, 1.807) is 12.1 Å². The zero-order valence-corrected chi connectivity index (χ0v) is 12.2. The molecule has 5 N–H and O–H groups in total. The zero-order valence-electron chi connectivity index (χ0n) is 10.6. The maximum atomic E-state index is 12.1. The number of nitrogens with two attached hydrogens (primary N) is 1. The van der Waals surface area contributed by atoms with Crippen LogP contribution in [0, 0.1) is 0 Å². The van der Waals surface area contributed by atoms with Crippen LogP contribution in [0.15, 0.2) is 40.9 Å². The van der Waals surface area contributed by atoms with E-state index in [0.29, 0.717) is 15.7 Å². The fraction of sp³-hybridized carbons (Fsp3) is 0. The average Bonchev–Trinajstić information content (AvgIpc) is 2.37. The van der Waals surface area contributed by atoms with E-state index in [1.165, 1.54) is 24.3 Å². The van der Waals surface area contributed by atoms with Crippen molar-refractivity contribution in [1.82, 2.24) is 0 Å². The van der Waals surface area contributed by atoms with Crippen LogP contribution in [0.1, 0.15) is 20.7 Å². The van der Waals surface area contributed by atoms with Crippen LogP contribution >= 0.6 is 15.9 Å². The second-order valence-electron chi connectivity index (χ2n) is 4.26. The minimum Gasteiger partial charge on any atom is -0.507 e. The quantitative estimate of drug-likeness (QED) is 0.635. The summed E-state index contributed by atoms with van der Waals surface area (Å²) in [6, 6.07) is 8.53. The van der Waals surface area contributed by atoms with Gasteiger partial charge in [0.25, 0.3) is 5.91 Å². The van der Waals surface area contributed by atoms with Crippen molar-refractivity contribution in [2.75, 3.05) is 11.1 Å². The molecule has 0 bridgehead atoms. The normalized spacial score (nSPS) is 10.1. The summed E-state index contributed by atoms with van der Waals surface area (Å²) < 4.78 is 0.664. The predicted molar refractivity (Wildman–Crippen MR) is 81.6 cm³/mol. The first kappa shape index (κ1) is 14.9. The Morgan fingerprint density at radius 2 is 1.86 bits per heavy atom. The average molecular weight is 351 g/mol. The number of phenols is 1. The highest BCUT2D eigenvalue weighted by Gasteiger charge is 2.12. The van der Waals surface area contributed by atoms with E-state index in [2.05, 4.69) is 21.2 Å². The molecule has 2 rings (SSSR count). The molecule has 0 aliphatic heterocycles. The number of nitrogen functional groups attached to an aromatic ring is 1. The van der Waals surface area contributed by atoms with Gasteiger partial charge in [0.2, 0.25) is 0 Å². The van der Waals surface area contributed by atoms with Gasteiger partial charge in [0.15, 0.2) is 0 Å². The topological polar surface area (TPSA) is 113 Å². The Labute approximate surface area is 128 Å². The molecular weight excluding hydrogens is 340 g/mol. The molecule has 21 heavy (non-hydrogen) atoms. The number of carbonyl (C=O) groups is 2. The summed E-state index contributed by atoms with van der Waals surface area (Å²) >= 11 is 3.24. The molecule has 0 unspecified atom stereocenters. The number of carboxylic acids is 1. The summed E-state index contributed by atoms with van der Waals surface area (Å²) in [6.45, 7) is 0. The molecule has 0 saturated heterocycles. The van der Waals surface area contributed by atoms with Crippen molar-refractivity contribution < 1.29 is 19.8 Å². The molecule has 0 aliphatic rings. The van der Waals surface area contributed by atoms with Crippen LogP contribution in [0.5, 0.6) is 5.75 Å². The monoisotopic (exact) mass is 350 g/mol. The van der Waals surface area contributed by atoms with Gasteiger partial charge in [-0.2, -0.15) is 0 Å². The summed E-state index contributed by atoms with van der Waals surface area (Å²) in [4.78, 5) is 22.8. The molecule has 2 aromatic rings. The standard InChI is InChI=1S/C14H11BrN2O4/c15-8-3-7(4-9(16)5-8)13(19)17-10-1-2-11(14(20)21)12(18)6-10/h1-6,18H,16H2,(H,17,19)(H,20,21). The van der Waals surface area contributed by atoms with Gasteiger partial charge in [-0.15, -0.1) is 0 Å². The molecule has 0 aromatic heterocycles. The van der Waals surface area contributed by atoms with Crippen molar-refractivity contribution in [2.45, 2.75) is 0 Å². The largest absolute Gasteiger partial charge is 0.507 e. The molecule has 0 aliphatic carbocycles. The van der Waals surface area contributed by atoms with E-state index in [1.807, 2.05) is 0 Å². The van der Waals surface area contributed by atoms with Crippen molar-refractivity contribution >= 4 is 39.2 Å². The molecule has 108 valence electrons. The molecule has 0 fully saturated rings. The highest BCUT2D eigenvalue weighted by Crippen LogP contribution is 2.23. The summed E-state index contributed by atoms with van der Waals surface area (Å²) in [7, 11) is 0. The lowest BCUT2D eigenvalue weighted by Gasteiger charge is -2.08. The molecule has 1 amide bonds. The van der Waals surface area contributed by atoms with E-state index in [0.717, 1.165) is 0 Å². The minimum atomic E-state index is -1.25. The number of nitrogens with one attached hydrogen (secondary N) is 1. The van der Waals surface area contributed by atoms with E-state index in [-0.39, 0.29) is 11.3 Å². The van der Waals surface area contributed by atoms with E-state index < -0.39 is 17.6 Å². The van der Waals surface area contributed by atoms with Crippen LogP contribution < -0.4 is 11.1 Å². The third-order valence-corrected chi connectivity index (χ3v) is 3.13. The van der Waals surface area contributed by atoms with Crippen LogP contribution in [-0.4, -0.2) is 22.1 Å². The first-order chi connectivity index (χ1) is 9.86. The number of carbonyl (C=O) groups excluding carboxylic acids is 1. The van der Waals surface area contributed by atoms with Crippen LogP contribution in [0.25, 0.3) is 0 Å². The third kappa shape index (κ3) is 3.51. The first-order valence-electron chi connectivity index (χ1n) is 5.80. The first-order valence-corrected chi connectivity index (χ1v) is 6.60. The second-order valence-corrected chi connectivity index (χ2v) is 5.18. The van der Waals surface area contributed by atoms with Gasteiger partial charge in [0.05, 0.1) is 0 Å². The lowest BCUT2D eigenvalue weighted by Crippen LogP contribution is -2.12. The van der Waals surface area contributed by atoms with Crippen LogP contribution in [0.2, 0.25) is 0 Å². The number of carboxylic acid groups (broad SMARTS) is 1. The third-order valence-electron chi connectivity index (χ3n) is 2.67.